The Bertz CT molecular complexity index is 1320. The van der Waals surface area contributed by atoms with Crippen molar-refractivity contribution in [3.8, 4) is 12.8 Å². The second-order valence-electron chi connectivity index (χ2n) is 8.68. The Morgan fingerprint density at radius 3 is 2.17 bits per heavy atom. The monoisotopic (exact) mass is 800 g/mol. The third-order valence-corrected chi connectivity index (χ3v) is 6.78. The van der Waals surface area contributed by atoms with Crippen LogP contribution in [-0.2, 0) is 4.79 Å². The molecule has 2 nitrogen and oxygen atoms in total. The van der Waals surface area contributed by atoms with Crippen LogP contribution in [0.2, 0.25) is 5.02 Å². The number of terminal acetylenes is 1. The minimum Gasteiger partial charge on any atom is -0.478 e. The first-order valence-electron chi connectivity index (χ1n) is 13.8. The topological polar surface area (TPSA) is 37.3 Å². The van der Waals surface area contributed by atoms with Crippen molar-refractivity contribution in [2.24, 2.45) is 0 Å². The summed E-state index contributed by atoms with van der Waals surface area (Å²) in [5.74, 6) is -1.05. The molecular formula is C36H44ClFO2U. The van der Waals surface area contributed by atoms with Gasteiger partial charge in [-0.25, -0.2) is 9.18 Å². The van der Waals surface area contributed by atoms with Crippen LogP contribution in [0.5, 0.6) is 0 Å². The summed E-state index contributed by atoms with van der Waals surface area (Å²) in [5.41, 5.74) is 7.03. The number of aliphatic carboxylic acids is 1. The minimum absolute atomic E-state index is 0. The number of carbonyl (C=O) groups is 1. The third kappa shape index (κ3) is 11.8. The van der Waals surface area contributed by atoms with Gasteiger partial charge in [-0.05, 0) is 67.0 Å². The van der Waals surface area contributed by atoms with Crippen molar-refractivity contribution in [1.82, 2.24) is 0 Å². The zero-order chi connectivity index (χ0) is 30.8. The van der Waals surface area contributed by atoms with Gasteiger partial charge in [-0.2, -0.15) is 6.42 Å². The average molecular weight is 801 g/mol. The molecule has 0 aliphatic rings. The maximum Gasteiger partial charge on any atom is 2.00 e. The van der Waals surface area contributed by atoms with E-state index < -0.39 is 5.97 Å². The second-order valence-corrected chi connectivity index (χ2v) is 9.09. The molecule has 0 saturated carbocycles. The SMILES string of the molecule is C#C.CC.Fc1ccc2[c-]cccc2c1.[CH2-]CC/C(=C(/CC)C(=O)O)c1ccc(Cl)c(/C(CC)=C(\C)CC)c1C.[U+2]. The Morgan fingerprint density at radius 1 is 1.02 bits per heavy atom. The van der Waals surface area contributed by atoms with E-state index in [1.165, 1.54) is 23.3 Å². The fraction of sp³-hybridized carbons (Fsp3) is 0.333. The fourth-order valence-corrected chi connectivity index (χ4v) is 4.81. The van der Waals surface area contributed by atoms with E-state index in [0.29, 0.717) is 24.8 Å². The molecule has 0 radical (unpaired) electrons. The predicted molar refractivity (Wildman–Crippen MR) is 173 cm³/mol. The Morgan fingerprint density at radius 2 is 1.66 bits per heavy atom. The number of fused-ring (bicyclic) bond motifs is 1. The van der Waals surface area contributed by atoms with E-state index in [2.05, 4.69) is 46.6 Å². The Labute approximate surface area is 276 Å². The van der Waals surface area contributed by atoms with Crippen LogP contribution in [0, 0.1) is 69.7 Å². The maximum absolute atomic E-state index is 12.6. The third-order valence-electron chi connectivity index (χ3n) is 6.47. The average Bonchev–Trinajstić information content (AvgIpc) is 2.97. The molecule has 41 heavy (non-hydrogen) atoms. The molecule has 3 aromatic carbocycles. The van der Waals surface area contributed by atoms with Gasteiger partial charge in [-0.1, -0.05) is 76.4 Å². The van der Waals surface area contributed by atoms with E-state index in [9.17, 15) is 14.3 Å². The van der Waals surface area contributed by atoms with Crippen molar-refractivity contribution >= 4 is 39.5 Å². The first-order chi connectivity index (χ1) is 19.2. The van der Waals surface area contributed by atoms with Gasteiger partial charge in [-0.3, -0.25) is 0 Å². The molecule has 0 heterocycles. The molecule has 0 fully saturated rings. The molecule has 0 spiro atoms. The molecule has 0 atom stereocenters. The van der Waals surface area contributed by atoms with E-state index >= 15 is 0 Å². The van der Waals surface area contributed by atoms with Gasteiger partial charge < -0.3 is 12.0 Å². The first kappa shape index (κ1) is 40.8. The van der Waals surface area contributed by atoms with Crippen LogP contribution in [0.25, 0.3) is 21.9 Å². The number of hydrogen-bond donors (Lipinski definition) is 1. The van der Waals surface area contributed by atoms with Crippen LogP contribution < -0.4 is 0 Å². The number of halogens is 2. The van der Waals surface area contributed by atoms with E-state index in [1.807, 2.05) is 58.0 Å². The van der Waals surface area contributed by atoms with Crippen molar-refractivity contribution in [2.75, 3.05) is 0 Å². The molecule has 0 aliphatic heterocycles. The van der Waals surface area contributed by atoms with Gasteiger partial charge in [0.25, 0.3) is 0 Å². The molecule has 0 aliphatic carbocycles. The van der Waals surface area contributed by atoms with E-state index in [1.54, 1.807) is 6.07 Å². The maximum atomic E-state index is 12.6. The molecule has 218 valence electrons. The summed E-state index contributed by atoms with van der Waals surface area (Å²) in [6.07, 6.45) is 11.7. The number of rotatable bonds is 8. The first-order valence-corrected chi connectivity index (χ1v) is 14.2. The molecule has 3 aromatic rings. The fourth-order valence-electron chi connectivity index (χ4n) is 4.49. The molecule has 1 N–H and O–H groups in total. The number of carboxylic acids is 1. The Hall–Kier alpha value is -2.30. The van der Waals surface area contributed by atoms with Gasteiger partial charge in [0.15, 0.2) is 0 Å². The van der Waals surface area contributed by atoms with Crippen molar-refractivity contribution in [2.45, 2.75) is 80.6 Å². The van der Waals surface area contributed by atoms with Crippen LogP contribution >= 0.6 is 11.6 Å². The van der Waals surface area contributed by atoms with E-state index in [0.717, 1.165) is 50.9 Å². The minimum atomic E-state index is -0.849. The molecule has 0 bridgehead atoms. The van der Waals surface area contributed by atoms with E-state index in [4.69, 9.17) is 11.6 Å². The molecule has 0 saturated heterocycles. The predicted octanol–water partition coefficient (Wildman–Crippen LogP) is 11.2. The van der Waals surface area contributed by atoms with Crippen molar-refractivity contribution < 1.29 is 45.4 Å². The summed E-state index contributed by atoms with van der Waals surface area (Å²) < 4.78 is 12.6. The van der Waals surface area contributed by atoms with Gasteiger partial charge in [0.05, 0.1) is 0 Å². The van der Waals surface area contributed by atoms with Gasteiger partial charge >= 0.3 is 37.1 Å². The van der Waals surface area contributed by atoms with Crippen molar-refractivity contribution in [3.63, 3.8) is 0 Å². The molecular weight excluding hydrogens is 757 g/mol. The summed E-state index contributed by atoms with van der Waals surface area (Å²) in [7, 11) is 0. The summed E-state index contributed by atoms with van der Waals surface area (Å²) in [6.45, 7) is 18.3. The van der Waals surface area contributed by atoms with Crippen LogP contribution in [0.15, 0.2) is 59.7 Å². The van der Waals surface area contributed by atoms with Crippen LogP contribution in [-0.4, -0.2) is 11.1 Å². The zero-order valence-corrected chi connectivity index (χ0v) is 30.5. The molecule has 0 amide bonds. The smallest absolute Gasteiger partial charge is 0.478 e. The van der Waals surface area contributed by atoms with Crippen molar-refractivity contribution in [1.29, 1.82) is 0 Å². The molecule has 0 aromatic heterocycles. The van der Waals surface area contributed by atoms with E-state index in [-0.39, 0.29) is 36.9 Å². The van der Waals surface area contributed by atoms with Crippen LogP contribution in [0.3, 0.4) is 0 Å². The van der Waals surface area contributed by atoms with Gasteiger partial charge in [0.2, 0.25) is 0 Å². The molecule has 0 unspecified atom stereocenters. The second kappa shape index (κ2) is 22.3. The number of hydrogen-bond acceptors (Lipinski definition) is 1. The van der Waals surface area contributed by atoms with Crippen LogP contribution in [0.1, 0.15) is 90.3 Å². The summed E-state index contributed by atoms with van der Waals surface area (Å²) in [4.78, 5) is 11.7. The summed E-state index contributed by atoms with van der Waals surface area (Å²) >= 11 is 6.55. The largest absolute Gasteiger partial charge is 2.00 e. The van der Waals surface area contributed by atoms with Gasteiger partial charge in [0, 0.05) is 10.6 Å². The molecule has 5 heteroatoms. The van der Waals surface area contributed by atoms with Gasteiger partial charge in [0.1, 0.15) is 5.82 Å². The summed E-state index contributed by atoms with van der Waals surface area (Å²) in [6, 6.07) is 17.1. The zero-order valence-electron chi connectivity index (χ0n) is 25.6. The quantitative estimate of drug-likeness (QED) is 0.140. The standard InChI is InChI=1S/C22H30ClO2.C10H6F.C2H6.C2H2.U/c1-7-11-19(17(10-4)22(24)25)18-12-13-20(23)21(15(18)6)16(9-3)14(5)8-2;11-10-6-5-8-3-1-2-4-9(8)7-10;2*1-2;/h12-13H,1,7-11H2,2-6H3,(H,24,25);1-2,4-7H;1-2H3;1-2H;/q2*-1;;;+2/b16-14+,19-17+;;;;. The summed E-state index contributed by atoms with van der Waals surface area (Å²) in [5, 5.41) is 12.2. The molecule has 3 rings (SSSR count). The normalized spacial score (nSPS) is 11.1. The van der Waals surface area contributed by atoms with Crippen molar-refractivity contribution in [3.05, 3.63) is 100 Å². The number of allylic oxidation sites excluding steroid dienone is 3. The Kier molecular flexibility index (Phi) is 22.2. The van der Waals surface area contributed by atoms with Crippen LogP contribution in [0.4, 0.5) is 4.39 Å². The number of carboxylic acid groups (broad SMARTS) is 1. The van der Waals surface area contributed by atoms with Gasteiger partial charge in [-0.15, -0.1) is 54.0 Å². The Balaban J connectivity index is 0. The number of benzene rings is 3.